The van der Waals surface area contributed by atoms with Gasteiger partial charge in [-0.2, -0.15) is 0 Å². The van der Waals surface area contributed by atoms with Gasteiger partial charge in [0.2, 0.25) is 5.78 Å². The van der Waals surface area contributed by atoms with Crippen molar-refractivity contribution in [2.24, 2.45) is 0 Å². The Kier molecular flexibility index (Phi) is 4.30. The van der Waals surface area contributed by atoms with Crippen molar-refractivity contribution in [1.29, 1.82) is 0 Å². The van der Waals surface area contributed by atoms with E-state index in [0.717, 1.165) is 6.07 Å². The van der Waals surface area contributed by atoms with E-state index in [-0.39, 0.29) is 17.1 Å². The molecule has 0 amide bonds. The van der Waals surface area contributed by atoms with E-state index in [9.17, 15) is 13.6 Å². The fourth-order valence-electron chi connectivity index (χ4n) is 1.68. The maximum absolute atomic E-state index is 13.3. The van der Waals surface area contributed by atoms with Gasteiger partial charge in [0.1, 0.15) is 11.6 Å². The van der Waals surface area contributed by atoms with Crippen LogP contribution in [0.5, 0.6) is 11.5 Å². The number of benzene rings is 2. The summed E-state index contributed by atoms with van der Waals surface area (Å²) >= 11 is 0. The summed E-state index contributed by atoms with van der Waals surface area (Å²) in [6.07, 6.45) is 0. The Hall–Kier alpha value is -2.43. The number of rotatable bonds is 5. The lowest BCUT2D eigenvalue weighted by Crippen LogP contribution is -2.13. The topological polar surface area (TPSA) is 35.5 Å². The van der Waals surface area contributed by atoms with Crippen molar-refractivity contribution >= 4 is 5.78 Å². The first kappa shape index (κ1) is 14.0. The van der Waals surface area contributed by atoms with Crippen molar-refractivity contribution in [2.45, 2.75) is 0 Å². The Labute approximate surface area is 114 Å². The minimum atomic E-state index is -0.563. The molecule has 2 aromatic rings. The number of methoxy groups -OCH3 is 1. The number of para-hydroxylation sites is 1. The minimum Gasteiger partial charge on any atom is -0.496 e. The molecular formula is C15H12F2O3. The average Bonchev–Trinajstić information content (AvgIpc) is 2.46. The van der Waals surface area contributed by atoms with E-state index in [1.165, 1.54) is 37.4 Å². The molecule has 0 bridgehead atoms. The molecule has 0 spiro atoms. The van der Waals surface area contributed by atoms with E-state index in [2.05, 4.69) is 0 Å². The van der Waals surface area contributed by atoms with Crippen LogP contribution in [0.15, 0.2) is 42.5 Å². The van der Waals surface area contributed by atoms with E-state index in [1.807, 2.05) is 0 Å². The van der Waals surface area contributed by atoms with Crippen LogP contribution in [0.25, 0.3) is 0 Å². The lowest BCUT2D eigenvalue weighted by atomic mass is 10.1. The summed E-state index contributed by atoms with van der Waals surface area (Å²) in [5.74, 6) is -1.40. The van der Waals surface area contributed by atoms with Gasteiger partial charge < -0.3 is 9.47 Å². The van der Waals surface area contributed by atoms with Crippen LogP contribution in [0.1, 0.15) is 10.4 Å². The van der Waals surface area contributed by atoms with Crippen molar-refractivity contribution in [2.75, 3.05) is 13.7 Å². The van der Waals surface area contributed by atoms with Crippen LogP contribution in [0, 0.1) is 11.6 Å². The van der Waals surface area contributed by atoms with Crippen LogP contribution < -0.4 is 9.47 Å². The maximum Gasteiger partial charge on any atom is 0.204 e. The van der Waals surface area contributed by atoms with Gasteiger partial charge in [0.05, 0.1) is 12.7 Å². The minimum absolute atomic E-state index is 0.0313. The molecule has 0 radical (unpaired) electrons. The summed E-state index contributed by atoms with van der Waals surface area (Å²) in [5.41, 5.74) is 0.0591. The lowest BCUT2D eigenvalue weighted by Gasteiger charge is -2.09. The number of ether oxygens (including phenoxy) is 2. The first-order chi connectivity index (χ1) is 9.61. The molecule has 0 saturated carbocycles. The third-order valence-electron chi connectivity index (χ3n) is 2.66. The highest BCUT2D eigenvalue weighted by Gasteiger charge is 2.15. The zero-order valence-corrected chi connectivity index (χ0v) is 10.7. The third-order valence-corrected chi connectivity index (χ3v) is 2.66. The number of halogens is 2. The molecule has 0 fully saturated rings. The second-order valence-corrected chi connectivity index (χ2v) is 3.99. The zero-order valence-electron chi connectivity index (χ0n) is 10.7. The Morgan fingerprint density at radius 2 is 1.85 bits per heavy atom. The fourth-order valence-corrected chi connectivity index (χ4v) is 1.68. The highest BCUT2D eigenvalue weighted by atomic mass is 19.1. The van der Waals surface area contributed by atoms with Gasteiger partial charge in [0, 0.05) is 0 Å². The highest BCUT2D eigenvalue weighted by molar-refractivity contribution is 5.99. The molecule has 0 N–H and O–H groups in total. The van der Waals surface area contributed by atoms with E-state index >= 15 is 0 Å². The molecule has 0 unspecified atom stereocenters. The number of ketones is 1. The fraction of sp³-hybridized carbons (Fsp3) is 0.133. The summed E-state index contributed by atoms with van der Waals surface area (Å²) in [7, 11) is 1.38. The Bertz CT molecular complexity index is 626. The predicted molar refractivity (Wildman–Crippen MR) is 69.2 cm³/mol. The van der Waals surface area contributed by atoms with Crippen LogP contribution in [0.3, 0.4) is 0 Å². The molecule has 2 rings (SSSR count). The summed E-state index contributed by atoms with van der Waals surface area (Å²) in [5, 5.41) is 0. The number of carbonyl (C=O) groups is 1. The van der Waals surface area contributed by atoms with Gasteiger partial charge in [-0.25, -0.2) is 8.78 Å². The van der Waals surface area contributed by atoms with Gasteiger partial charge in [-0.3, -0.25) is 4.79 Å². The molecule has 0 aromatic heterocycles. The quantitative estimate of drug-likeness (QED) is 0.788. The van der Waals surface area contributed by atoms with E-state index < -0.39 is 24.0 Å². The van der Waals surface area contributed by atoms with Gasteiger partial charge in [-0.15, -0.1) is 0 Å². The third kappa shape index (κ3) is 3.12. The molecular weight excluding hydrogens is 266 g/mol. The summed E-state index contributed by atoms with van der Waals surface area (Å²) < 4.78 is 36.6. The lowest BCUT2D eigenvalue weighted by molar-refractivity contribution is 0.0915. The molecule has 0 aliphatic rings. The first-order valence-electron chi connectivity index (χ1n) is 5.86. The van der Waals surface area contributed by atoms with E-state index in [1.54, 1.807) is 6.07 Å². The van der Waals surface area contributed by atoms with E-state index in [4.69, 9.17) is 9.47 Å². The standard InChI is InChI=1S/C15H12F2O3/c1-19-14-7-6-10(16)8-11(14)13(18)9-20-15-5-3-2-4-12(15)17/h2-8H,9H2,1H3. The van der Waals surface area contributed by atoms with Crippen molar-refractivity contribution in [1.82, 2.24) is 0 Å². The van der Waals surface area contributed by atoms with Gasteiger partial charge in [-0.1, -0.05) is 12.1 Å². The number of Topliss-reactive ketones (excluding diaryl/α,β-unsaturated/α-hetero) is 1. The summed E-state index contributed by atoms with van der Waals surface area (Å²) in [6.45, 7) is -0.402. The molecule has 0 aliphatic carbocycles. The Morgan fingerprint density at radius 3 is 2.55 bits per heavy atom. The van der Waals surface area contributed by atoms with Gasteiger partial charge in [0.15, 0.2) is 18.2 Å². The van der Waals surface area contributed by atoms with Crippen molar-refractivity contribution in [3.05, 3.63) is 59.7 Å². The number of carbonyl (C=O) groups excluding carboxylic acids is 1. The van der Waals surface area contributed by atoms with Crippen molar-refractivity contribution in [3.8, 4) is 11.5 Å². The molecule has 20 heavy (non-hydrogen) atoms. The summed E-state index contributed by atoms with van der Waals surface area (Å²) in [4.78, 5) is 12.0. The van der Waals surface area contributed by atoms with Crippen molar-refractivity contribution < 1.29 is 23.0 Å². The van der Waals surface area contributed by atoms with Crippen LogP contribution in [-0.4, -0.2) is 19.5 Å². The second kappa shape index (κ2) is 6.14. The van der Waals surface area contributed by atoms with Crippen LogP contribution >= 0.6 is 0 Å². The van der Waals surface area contributed by atoms with E-state index in [0.29, 0.717) is 0 Å². The molecule has 0 saturated heterocycles. The summed E-state index contributed by atoms with van der Waals surface area (Å²) in [6, 6.07) is 9.34. The first-order valence-corrected chi connectivity index (χ1v) is 5.86. The molecule has 5 heteroatoms. The molecule has 104 valence electrons. The maximum atomic E-state index is 13.3. The number of hydrogen-bond acceptors (Lipinski definition) is 3. The van der Waals surface area contributed by atoms with Crippen LogP contribution in [-0.2, 0) is 0 Å². The molecule has 3 nitrogen and oxygen atoms in total. The highest BCUT2D eigenvalue weighted by Crippen LogP contribution is 2.21. The molecule has 0 atom stereocenters. The normalized spacial score (nSPS) is 10.2. The Balaban J connectivity index is 2.13. The molecule has 2 aromatic carbocycles. The van der Waals surface area contributed by atoms with Gasteiger partial charge in [0.25, 0.3) is 0 Å². The molecule has 0 heterocycles. The van der Waals surface area contributed by atoms with Crippen LogP contribution in [0.2, 0.25) is 0 Å². The predicted octanol–water partition coefficient (Wildman–Crippen LogP) is 3.24. The average molecular weight is 278 g/mol. The van der Waals surface area contributed by atoms with Gasteiger partial charge in [-0.05, 0) is 30.3 Å². The molecule has 0 aliphatic heterocycles. The van der Waals surface area contributed by atoms with Crippen LogP contribution in [0.4, 0.5) is 8.78 Å². The number of hydrogen-bond donors (Lipinski definition) is 0. The SMILES string of the molecule is COc1ccc(F)cc1C(=O)COc1ccccc1F. The van der Waals surface area contributed by atoms with Gasteiger partial charge >= 0.3 is 0 Å². The largest absolute Gasteiger partial charge is 0.496 e. The Morgan fingerprint density at radius 1 is 1.10 bits per heavy atom. The van der Waals surface area contributed by atoms with Crippen molar-refractivity contribution in [3.63, 3.8) is 0 Å². The smallest absolute Gasteiger partial charge is 0.204 e. The monoisotopic (exact) mass is 278 g/mol. The second-order valence-electron chi connectivity index (χ2n) is 3.99. The zero-order chi connectivity index (χ0) is 14.5.